The molecule has 0 aromatic carbocycles. The first-order valence-corrected chi connectivity index (χ1v) is 7.76. The predicted octanol–water partition coefficient (Wildman–Crippen LogP) is 6.01. The maximum Gasteiger partial charge on any atom is 0.0824 e. The zero-order valence-corrected chi connectivity index (χ0v) is 12.5. The van der Waals surface area contributed by atoms with Gasteiger partial charge in [-0.2, -0.15) is 0 Å². The van der Waals surface area contributed by atoms with E-state index in [4.69, 9.17) is 4.74 Å². The molecule has 0 atom stereocenters. The lowest BCUT2D eigenvalue weighted by Gasteiger charge is -2.01. The molecule has 1 nitrogen and oxygen atoms in total. The topological polar surface area (TPSA) is 9.23 Å². The van der Waals surface area contributed by atoms with Gasteiger partial charge in [-0.05, 0) is 18.9 Å². The number of methoxy groups -OCH3 is 1. The predicted molar refractivity (Wildman–Crippen MR) is 81.8 cm³/mol. The molecular formula is C17H32O. The van der Waals surface area contributed by atoms with Crippen LogP contribution in [-0.4, -0.2) is 7.11 Å². The molecular weight excluding hydrogens is 220 g/mol. The Balaban J connectivity index is 3.03. The van der Waals surface area contributed by atoms with Crippen molar-refractivity contribution in [3.63, 3.8) is 0 Å². The zero-order chi connectivity index (χ0) is 13.3. The molecule has 0 aliphatic carbocycles. The van der Waals surface area contributed by atoms with E-state index >= 15 is 0 Å². The molecule has 0 rings (SSSR count). The third kappa shape index (κ3) is 15.3. The lowest BCUT2D eigenvalue weighted by atomic mass is 10.1. The Kier molecular flexibility index (Phi) is 15.6. The maximum atomic E-state index is 4.82. The molecule has 0 fully saturated rings. The molecule has 0 aliphatic heterocycles. The van der Waals surface area contributed by atoms with Crippen LogP contribution in [0.4, 0.5) is 0 Å². The van der Waals surface area contributed by atoms with Gasteiger partial charge in [0.25, 0.3) is 0 Å². The molecule has 0 N–H and O–H groups in total. The molecule has 106 valence electrons. The highest BCUT2D eigenvalue weighted by Gasteiger charge is 1.91. The highest BCUT2D eigenvalue weighted by atomic mass is 16.5. The zero-order valence-electron chi connectivity index (χ0n) is 12.5. The largest absolute Gasteiger partial charge is 0.504 e. The van der Waals surface area contributed by atoms with Gasteiger partial charge < -0.3 is 4.74 Å². The van der Waals surface area contributed by atoms with Crippen molar-refractivity contribution in [1.82, 2.24) is 0 Å². The van der Waals surface area contributed by atoms with E-state index in [2.05, 4.69) is 19.1 Å². The first-order valence-electron chi connectivity index (χ1n) is 7.76. The quantitative estimate of drug-likeness (QED) is 0.221. The Labute approximate surface area is 114 Å². The summed E-state index contributed by atoms with van der Waals surface area (Å²) in [6, 6.07) is 0. The number of ether oxygens (including phenoxy) is 1. The summed E-state index contributed by atoms with van der Waals surface area (Å²) in [5.74, 6) is 0. The van der Waals surface area contributed by atoms with Crippen molar-refractivity contribution in [2.75, 3.05) is 7.11 Å². The van der Waals surface area contributed by atoms with Crippen molar-refractivity contribution in [2.24, 2.45) is 0 Å². The average molecular weight is 252 g/mol. The second-order valence-corrected chi connectivity index (χ2v) is 4.96. The van der Waals surface area contributed by atoms with E-state index < -0.39 is 0 Å². The first kappa shape index (κ1) is 17.3. The Morgan fingerprint density at radius 2 is 1.28 bits per heavy atom. The second-order valence-electron chi connectivity index (χ2n) is 4.96. The van der Waals surface area contributed by atoms with Gasteiger partial charge in [0.2, 0.25) is 0 Å². The number of rotatable bonds is 13. The Morgan fingerprint density at radius 3 is 1.83 bits per heavy atom. The molecule has 0 spiro atoms. The van der Waals surface area contributed by atoms with Crippen LogP contribution < -0.4 is 0 Å². The molecule has 0 heterocycles. The van der Waals surface area contributed by atoms with Crippen molar-refractivity contribution in [3.05, 3.63) is 24.5 Å². The van der Waals surface area contributed by atoms with Gasteiger partial charge in [0, 0.05) is 0 Å². The summed E-state index contributed by atoms with van der Waals surface area (Å²) in [4.78, 5) is 0. The van der Waals surface area contributed by atoms with E-state index in [1.165, 1.54) is 70.6 Å². The fourth-order valence-corrected chi connectivity index (χ4v) is 2.05. The van der Waals surface area contributed by atoms with Crippen molar-refractivity contribution in [3.8, 4) is 0 Å². The van der Waals surface area contributed by atoms with Gasteiger partial charge in [0.15, 0.2) is 0 Å². The van der Waals surface area contributed by atoms with Crippen LogP contribution in [0.25, 0.3) is 0 Å². The van der Waals surface area contributed by atoms with Crippen molar-refractivity contribution < 1.29 is 4.74 Å². The van der Waals surface area contributed by atoms with Crippen LogP contribution in [0.1, 0.15) is 77.6 Å². The SMILES string of the molecule is CCCCCCCCCCCCC=CC=COC. The summed E-state index contributed by atoms with van der Waals surface area (Å²) in [6.07, 6.45) is 23.2. The smallest absolute Gasteiger partial charge is 0.0824 e. The minimum atomic E-state index is 1.20. The molecule has 0 saturated carbocycles. The van der Waals surface area contributed by atoms with E-state index in [0.29, 0.717) is 0 Å². The molecule has 0 radical (unpaired) electrons. The molecule has 0 aliphatic rings. The molecule has 1 heteroatoms. The second kappa shape index (κ2) is 16.3. The molecule has 0 unspecified atom stereocenters. The van der Waals surface area contributed by atoms with Gasteiger partial charge in [-0.3, -0.25) is 0 Å². The van der Waals surface area contributed by atoms with E-state index in [9.17, 15) is 0 Å². The van der Waals surface area contributed by atoms with Crippen molar-refractivity contribution in [1.29, 1.82) is 0 Å². The molecule has 0 amide bonds. The van der Waals surface area contributed by atoms with Crippen LogP contribution in [0.3, 0.4) is 0 Å². The van der Waals surface area contributed by atoms with Gasteiger partial charge in [-0.15, -0.1) is 0 Å². The van der Waals surface area contributed by atoms with Crippen LogP contribution in [0.2, 0.25) is 0 Å². The fraction of sp³-hybridized carbons (Fsp3) is 0.765. The van der Waals surface area contributed by atoms with Gasteiger partial charge >= 0.3 is 0 Å². The molecule has 0 saturated heterocycles. The molecule has 0 bridgehead atoms. The van der Waals surface area contributed by atoms with E-state index in [0.717, 1.165) is 0 Å². The van der Waals surface area contributed by atoms with Gasteiger partial charge in [-0.25, -0.2) is 0 Å². The minimum Gasteiger partial charge on any atom is -0.504 e. The van der Waals surface area contributed by atoms with Gasteiger partial charge in [-0.1, -0.05) is 76.9 Å². The summed E-state index contributed by atoms with van der Waals surface area (Å²) < 4.78 is 4.82. The molecule has 0 aromatic heterocycles. The minimum absolute atomic E-state index is 1.20. The summed E-state index contributed by atoms with van der Waals surface area (Å²) in [5, 5.41) is 0. The number of hydrogen-bond acceptors (Lipinski definition) is 1. The lowest BCUT2D eigenvalue weighted by Crippen LogP contribution is -1.81. The Bertz CT molecular complexity index is 194. The third-order valence-corrected chi connectivity index (χ3v) is 3.19. The summed E-state index contributed by atoms with van der Waals surface area (Å²) in [7, 11) is 1.67. The highest BCUT2D eigenvalue weighted by Crippen LogP contribution is 2.11. The van der Waals surface area contributed by atoms with Gasteiger partial charge in [0.05, 0.1) is 13.4 Å². The average Bonchev–Trinajstić information content (AvgIpc) is 2.39. The van der Waals surface area contributed by atoms with Crippen LogP contribution in [0.5, 0.6) is 0 Å². The monoisotopic (exact) mass is 252 g/mol. The van der Waals surface area contributed by atoms with Crippen LogP contribution >= 0.6 is 0 Å². The number of allylic oxidation sites excluding steroid dienone is 3. The van der Waals surface area contributed by atoms with Gasteiger partial charge in [0.1, 0.15) is 0 Å². The summed E-state index contributed by atoms with van der Waals surface area (Å²) in [5.41, 5.74) is 0. The van der Waals surface area contributed by atoms with Crippen LogP contribution in [0.15, 0.2) is 24.5 Å². The van der Waals surface area contributed by atoms with E-state index in [1.807, 2.05) is 6.08 Å². The summed E-state index contributed by atoms with van der Waals surface area (Å²) in [6.45, 7) is 2.28. The Morgan fingerprint density at radius 1 is 0.722 bits per heavy atom. The van der Waals surface area contributed by atoms with Crippen molar-refractivity contribution >= 4 is 0 Å². The normalized spacial score (nSPS) is 11.7. The summed E-state index contributed by atoms with van der Waals surface area (Å²) >= 11 is 0. The van der Waals surface area contributed by atoms with Crippen LogP contribution in [-0.2, 0) is 4.74 Å². The number of hydrogen-bond donors (Lipinski definition) is 0. The molecule has 18 heavy (non-hydrogen) atoms. The van der Waals surface area contributed by atoms with E-state index in [1.54, 1.807) is 13.4 Å². The van der Waals surface area contributed by atoms with E-state index in [-0.39, 0.29) is 0 Å². The first-order chi connectivity index (χ1) is 8.91. The lowest BCUT2D eigenvalue weighted by molar-refractivity contribution is 0.338. The third-order valence-electron chi connectivity index (χ3n) is 3.19. The van der Waals surface area contributed by atoms with Crippen molar-refractivity contribution in [2.45, 2.75) is 77.6 Å². The molecule has 0 aromatic rings. The maximum absolute atomic E-state index is 4.82. The Hall–Kier alpha value is -0.720. The highest BCUT2D eigenvalue weighted by molar-refractivity contribution is 4.99. The number of unbranched alkanes of at least 4 members (excludes halogenated alkanes) is 10. The standard InChI is InChI=1S/C17H32O/c1-3-4-5-6-7-8-9-10-11-12-13-14-15-16-17-18-2/h14-17H,3-13H2,1-2H3. The fourth-order valence-electron chi connectivity index (χ4n) is 2.05. The van der Waals surface area contributed by atoms with Crippen LogP contribution in [0, 0.1) is 0 Å².